The molecule has 170 valence electrons. The fraction of sp³-hybridized carbons (Fsp3) is 0.200. The van der Waals surface area contributed by atoms with Gasteiger partial charge in [-0.25, -0.2) is 22.2 Å². The Labute approximate surface area is 192 Å². The number of H-pyrrole nitrogens is 1. The molecule has 0 bridgehead atoms. The predicted molar refractivity (Wildman–Crippen MR) is 114 cm³/mol. The second-order valence-electron chi connectivity index (χ2n) is 6.54. The predicted octanol–water partition coefficient (Wildman–Crippen LogP) is 4.02. The minimum Gasteiger partial charge on any atom is -0.465 e. The molecule has 3 aromatic rings. The third kappa shape index (κ3) is 5.44. The number of nitrogens with zero attached hydrogens (tertiary/aromatic N) is 1. The SMILES string of the molecule is CCOC(=O)CNS(=O)(=O)c1cnc(C(c2ccc(F)c(Cl)c2)c2ccc(F)c(Cl)c2)[nH]1. The molecule has 3 rings (SSSR count). The van der Waals surface area contributed by atoms with Crippen molar-refractivity contribution >= 4 is 39.2 Å². The summed E-state index contributed by atoms with van der Waals surface area (Å²) in [4.78, 5) is 18.3. The van der Waals surface area contributed by atoms with Crippen molar-refractivity contribution in [2.75, 3.05) is 13.2 Å². The third-order valence-electron chi connectivity index (χ3n) is 4.40. The number of carbonyl (C=O) groups is 1. The maximum atomic E-state index is 13.7. The van der Waals surface area contributed by atoms with E-state index < -0.39 is 40.1 Å². The first-order chi connectivity index (χ1) is 15.1. The van der Waals surface area contributed by atoms with Crippen molar-refractivity contribution in [3.05, 3.63) is 81.2 Å². The quantitative estimate of drug-likeness (QED) is 0.452. The number of esters is 1. The number of benzene rings is 2. The third-order valence-corrected chi connectivity index (χ3v) is 6.29. The average molecular weight is 504 g/mol. The van der Waals surface area contributed by atoms with E-state index in [-0.39, 0.29) is 27.5 Å². The molecule has 2 aromatic carbocycles. The lowest BCUT2D eigenvalue weighted by atomic mass is 9.90. The minimum absolute atomic E-state index is 0.108. The largest absolute Gasteiger partial charge is 0.465 e. The van der Waals surface area contributed by atoms with Crippen LogP contribution in [-0.4, -0.2) is 37.5 Å². The van der Waals surface area contributed by atoms with E-state index in [0.717, 1.165) is 18.3 Å². The van der Waals surface area contributed by atoms with Gasteiger partial charge in [0.15, 0.2) is 5.03 Å². The van der Waals surface area contributed by atoms with Crippen LogP contribution in [-0.2, 0) is 19.6 Å². The number of halogens is 4. The second kappa shape index (κ2) is 9.95. The molecule has 0 atom stereocenters. The smallest absolute Gasteiger partial charge is 0.321 e. The maximum absolute atomic E-state index is 13.7. The normalized spacial score (nSPS) is 11.7. The Balaban J connectivity index is 2.01. The van der Waals surface area contributed by atoms with Gasteiger partial charge >= 0.3 is 5.97 Å². The molecule has 12 heteroatoms. The Morgan fingerprint density at radius 3 is 2.19 bits per heavy atom. The maximum Gasteiger partial charge on any atom is 0.321 e. The molecule has 1 heterocycles. The van der Waals surface area contributed by atoms with Crippen LogP contribution in [0.5, 0.6) is 0 Å². The number of hydrogen-bond donors (Lipinski definition) is 2. The van der Waals surface area contributed by atoms with Gasteiger partial charge in [0, 0.05) is 0 Å². The van der Waals surface area contributed by atoms with Crippen LogP contribution in [0.3, 0.4) is 0 Å². The highest BCUT2D eigenvalue weighted by Crippen LogP contribution is 2.34. The molecule has 0 saturated heterocycles. The van der Waals surface area contributed by atoms with Gasteiger partial charge in [-0.3, -0.25) is 4.79 Å². The van der Waals surface area contributed by atoms with Crippen molar-refractivity contribution in [3.63, 3.8) is 0 Å². The molecule has 0 fully saturated rings. The lowest BCUT2D eigenvalue weighted by molar-refractivity contribution is -0.141. The van der Waals surface area contributed by atoms with Gasteiger partial charge in [-0.15, -0.1) is 0 Å². The molecule has 1 aromatic heterocycles. The zero-order valence-electron chi connectivity index (χ0n) is 16.5. The van der Waals surface area contributed by atoms with Gasteiger partial charge in [-0.2, -0.15) is 4.72 Å². The zero-order chi connectivity index (χ0) is 23.5. The lowest BCUT2D eigenvalue weighted by Crippen LogP contribution is -2.31. The van der Waals surface area contributed by atoms with E-state index in [2.05, 4.69) is 14.7 Å². The van der Waals surface area contributed by atoms with Gasteiger partial charge in [-0.05, 0) is 42.3 Å². The monoisotopic (exact) mass is 503 g/mol. The number of nitrogens with one attached hydrogen (secondary N) is 2. The van der Waals surface area contributed by atoms with Crippen molar-refractivity contribution in [2.24, 2.45) is 0 Å². The first-order valence-electron chi connectivity index (χ1n) is 9.22. The number of rotatable bonds is 8. The summed E-state index contributed by atoms with van der Waals surface area (Å²) < 4.78 is 59.2. The number of carbonyl (C=O) groups excluding carboxylic acids is 1. The molecule has 0 aliphatic carbocycles. The van der Waals surface area contributed by atoms with Crippen molar-refractivity contribution in [2.45, 2.75) is 17.9 Å². The summed E-state index contributed by atoms with van der Waals surface area (Å²) in [7, 11) is -4.12. The fourth-order valence-corrected chi connectivity index (χ4v) is 4.21. The summed E-state index contributed by atoms with van der Waals surface area (Å²) in [6, 6.07) is 7.90. The highest BCUT2D eigenvalue weighted by molar-refractivity contribution is 7.89. The summed E-state index contributed by atoms with van der Waals surface area (Å²) in [5.41, 5.74) is 0.911. The Hall–Kier alpha value is -2.53. The molecule has 0 radical (unpaired) electrons. The van der Waals surface area contributed by atoms with Gasteiger partial charge in [0.1, 0.15) is 24.0 Å². The molecule has 0 spiro atoms. The Bertz CT molecular complexity index is 1200. The first-order valence-corrected chi connectivity index (χ1v) is 11.5. The van der Waals surface area contributed by atoms with E-state index >= 15 is 0 Å². The van der Waals surface area contributed by atoms with E-state index in [4.69, 9.17) is 27.9 Å². The standard InChI is InChI=1S/C20H17Cl2F2N3O4S/c1-2-31-18(28)10-26-32(29,30)17-9-25-20(27-17)19(11-3-5-15(23)13(21)7-11)12-4-6-16(24)14(22)8-12/h3-9,19,26H,2,10H2,1H3,(H,25,27). The summed E-state index contributed by atoms with van der Waals surface area (Å²) in [6.07, 6.45) is 1.06. The molecule has 0 aliphatic heterocycles. The number of aromatic nitrogens is 2. The van der Waals surface area contributed by atoms with Crippen LogP contribution in [0.2, 0.25) is 10.0 Å². The van der Waals surface area contributed by atoms with E-state index in [1.165, 1.54) is 24.3 Å². The van der Waals surface area contributed by atoms with E-state index in [1.54, 1.807) is 6.92 Å². The average Bonchev–Trinajstić information content (AvgIpc) is 3.23. The van der Waals surface area contributed by atoms with Gasteiger partial charge in [0.2, 0.25) is 0 Å². The Morgan fingerprint density at radius 1 is 1.12 bits per heavy atom. The van der Waals surface area contributed by atoms with Crippen LogP contribution in [0.1, 0.15) is 29.8 Å². The Morgan fingerprint density at radius 2 is 1.69 bits per heavy atom. The first kappa shape index (κ1) is 24.1. The molecule has 32 heavy (non-hydrogen) atoms. The number of imidazole rings is 1. The minimum atomic E-state index is -4.12. The lowest BCUT2D eigenvalue weighted by Gasteiger charge is -2.17. The summed E-state index contributed by atoms with van der Waals surface area (Å²) in [5, 5.41) is -0.629. The van der Waals surface area contributed by atoms with E-state index in [0.29, 0.717) is 11.1 Å². The Kier molecular flexibility index (Phi) is 7.50. The molecule has 0 saturated carbocycles. The molecule has 0 amide bonds. The van der Waals surface area contributed by atoms with Crippen LogP contribution in [0, 0.1) is 11.6 Å². The van der Waals surface area contributed by atoms with Crippen molar-refractivity contribution < 1.29 is 26.7 Å². The van der Waals surface area contributed by atoms with Crippen LogP contribution in [0.25, 0.3) is 0 Å². The van der Waals surface area contributed by atoms with Crippen molar-refractivity contribution in [1.29, 1.82) is 0 Å². The van der Waals surface area contributed by atoms with Crippen molar-refractivity contribution in [1.82, 2.24) is 14.7 Å². The fourth-order valence-electron chi connectivity index (χ4n) is 2.94. The molecule has 0 unspecified atom stereocenters. The highest BCUT2D eigenvalue weighted by atomic mass is 35.5. The molecular formula is C20H17Cl2F2N3O4S. The van der Waals surface area contributed by atoms with Crippen LogP contribution in [0.4, 0.5) is 8.78 Å². The molecule has 2 N–H and O–H groups in total. The van der Waals surface area contributed by atoms with Gasteiger partial charge in [0.05, 0.1) is 28.8 Å². The van der Waals surface area contributed by atoms with E-state index in [9.17, 15) is 22.0 Å². The zero-order valence-corrected chi connectivity index (χ0v) is 18.9. The van der Waals surface area contributed by atoms with Crippen LogP contribution < -0.4 is 4.72 Å². The van der Waals surface area contributed by atoms with Gasteiger partial charge in [-0.1, -0.05) is 35.3 Å². The number of aromatic amines is 1. The molecule has 0 aliphatic rings. The number of ether oxygens (including phenoxy) is 1. The van der Waals surface area contributed by atoms with Crippen LogP contribution >= 0.6 is 23.2 Å². The number of sulfonamides is 1. The van der Waals surface area contributed by atoms with Crippen molar-refractivity contribution in [3.8, 4) is 0 Å². The van der Waals surface area contributed by atoms with Gasteiger partial charge in [0.25, 0.3) is 10.0 Å². The summed E-state index contributed by atoms with van der Waals surface area (Å²) >= 11 is 11.8. The molecular weight excluding hydrogens is 487 g/mol. The number of hydrogen-bond acceptors (Lipinski definition) is 5. The van der Waals surface area contributed by atoms with Gasteiger partial charge < -0.3 is 9.72 Å². The highest BCUT2D eigenvalue weighted by Gasteiger charge is 2.25. The van der Waals surface area contributed by atoms with E-state index in [1.807, 2.05) is 0 Å². The summed E-state index contributed by atoms with van der Waals surface area (Å²) in [6.45, 7) is 1.14. The van der Waals surface area contributed by atoms with Crippen LogP contribution in [0.15, 0.2) is 47.6 Å². The summed E-state index contributed by atoms with van der Waals surface area (Å²) in [5.74, 6) is -2.66. The second-order valence-corrected chi connectivity index (χ2v) is 9.09. The molecule has 7 nitrogen and oxygen atoms in total. The topological polar surface area (TPSA) is 101 Å².